The molecule has 0 aliphatic carbocycles. The van der Waals surface area contributed by atoms with Gasteiger partial charge >= 0.3 is 5.69 Å². The van der Waals surface area contributed by atoms with E-state index in [1.807, 2.05) is 24.3 Å². The summed E-state index contributed by atoms with van der Waals surface area (Å²) in [4.78, 5) is 28.8. The Balaban J connectivity index is 1.81. The highest BCUT2D eigenvalue weighted by atomic mass is 16.2. The van der Waals surface area contributed by atoms with E-state index in [2.05, 4.69) is 4.98 Å². The Bertz CT molecular complexity index is 680. The first-order chi connectivity index (χ1) is 9.65. The highest BCUT2D eigenvalue weighted by Crippen LogP contribution is 2.12. The van der Waals surface area contributed by atoms with Crippen molar-refractivity contribution in [3.05, 3.63) is 34.7 Å². The van der Waals surface area contributed by atoms with Crippen molar-refractivity contribution in [2.75, 3.05) is 13.1 Å². The Morgan fingerprint density at radius 3 is 2.75 bits per heavy atom. The SMILES string of the molecule is NC1CCN(C(=O)Cn2c(=O)[nH]c3ccccc32)CC1. The van der Waals surface area contributed by atoms with Crippen molar-refractivity contribution in [1.82, 2.24) is 14.5 Å². The molecule has 1 aliphatic rings. The lowest BCUT2D eigenvalue weighted by Crippen LogP contribution is -2.44. The number of hydrogen-bond donors (Lipinski definition) is 2. The molecule has 2 aromatic rings. The predicted octanol–water partition coefficient (Wildman–Crippen LogP) is 0.279. The van der Waals surface area contributed by atoms with Crippen LogP contribution in [0.15, 0.2) is 29.1 Å². The number of aromatic amines is 1. The summed E-state index contributed by atoms with van der Waals surface area (Å²) in [5, 5.41) is 0. The lowest BCUT2D eigenvalue weighted by molar-refractivity contribution is -0.132. The summed E-state index contributed by atoms with van der Waals surface area (Å²) in [6.07, 6.45) is 1.66. The van der Waals surface area contributed by atoms with Crippen LogP contribution in [0.4, 0.5) is 0 Å². The van der Waals surface area contributed by atoms with Gasteiger partial charge < -0.3 is 15.6 Å². The van der Waals surface area contributed by atoms with Crippen LogP contribution in [0.3, 0.4) is 0 Å². The number of fused-ring (bicyclic) bond motifs is 1. The molecule has 0 unspecified atom stereocenters. The molecular weight excluding hydrogens is 256 g/mol. The Hall–Kier alpha value is -2.08. The standard InChI is InChI=1S/C14H18N4O2/c15-10-5-7-17(8-6-10)13(19)9-18-12-4-2-1-3-11(12)16-14(18)20/h1-4,10H,5-9,15H2,(H,16,20). The largest absolute Gasteiger partial charge is 0.341 e. The molecule has 0 atom stereocenters. The van der Waals surface area contributed by atoms with Gasteiger partial charge in [-0.3, -0.25) is 9.36 Å². The Labute approximate surface area is 116 Å². The summed E-state index contributed by atoms with van der Waals surface area (Å²) in [7, 11) is 0. The summed E-state index contributed by atoms with van der Waals surface area (Å²) < 4.78 is 1.49. The van der Waals surface area contributed by atoms with Crippen molar-refractivity contribution in [2.45, 2.75) is 25.4 Å². The number of hydrogen-bond acceptors (Lipinski definition) is 3. The highest BCUT2D eigenvalue weighted by molar-refractivity contribution is 5.80. The molecule has 0 spiro atoms. The monoisotopic (exact) mass is 274 g/mol. The maximum atomic E-state index is 12.3. The molecule has 1 aliphatic heterocycles. The number of H-pyrrole nitrogens is 1. The van der Waals surface area contributed by atoms with Gasteiger partial charge in [0, 0.05) is 19.1 Å². The number of likely N-dealkylation sites (tertiary alicyclic amines) is 1. The van der Waals surface area contributed by atoms with Crippen LogP contribution >= 0.6 is 0 Å². The average Bonchev–Trinajstić information content (AvgIpc) is 2.76. The predicted molar refractivity (Wildman–Crippen MR) is 76.3 cm³/mol. The van der Waals surface area contributed by atoms with Crippen LogP contribution in [0.2, 0.25) is 0 Å². The first kappa shape index (κ1) is 12.9. The van der Waals surface area contributed by atoms with Crippen molar-refractivity contribution < 1.29 is 4.79 Å². The van der Waals surface area contributed by atoms with Crippen LogP contribution in [-0.4, -0.2) is 39.5 Å². The van der Waals surface area contributed by atoms with Gasteiger partial charge in [-0.05, 0) is 25.0 Å². The second-order valence-corrected chi connectivity index (χ2v) is 5.25. The Kier molecular flexibility index (Phi) is 3.31. The van der Waals surface area contributed by atoms with Crippen LogP contribution in [-0.2, 0) is 11.3 Å². The number of carbonyl (C=O) groups excluding carboxylic acids is 1. The molecule has 3 N–H and O–H groups in total. The lowest BCUT2D eigenvalue weighted by Gasteiger charge is -2.30. The van der Waals surface area contributed by atoms with E-state index in [-0.39, 0.29) is 24.2 Å². The van der Waals surface area contributed by atoms with Crippen molar-refractivity contribution in [1.29, 1.82) is 0 Å². The number of imidazole rings is 1. The van der Waals surface area contributed by atoms with E-state index < -0.39 is 0 Å². The van der Waals surface area contributed by atoms with E-state index in [0.29, 0.717) is 13.1 Å². The molecule has 0 saturated carbocycles. The van der Waals surface area contributed by atoms with Crippen molar-refractivity contribution in [3.8, 4) is 0 Å². The second-order valence-electron chi connectivity index (χ2n) is 5.25. The molecule has 1 saturated heterocycles. The molecule has 1 amide bonds. The summed E-state index contributed by atoms with van der Waals surface area (Å²) in [5.41, 5.74) is 7.11. The maximum Gasteiger partial charge on any atom is 0.326 e. The maximum absolute atomic E-state index is 12.3. The van der Waals surface area contributed by atoms with E-state index in [4.69, 9.17) is 5.73 Å². The number of nitrogens with two attached hydrogens (primary N) is 1. The minimum Gasteiger partial charge on any atom is -0.341 e. The van der Waals surface area contributed by atoms with Crippen molar-refractivity contribution in [2.24, 2.45) is 5.73 Å². The molecule has 3 rings (SSSR count). The zero-order valence-electron chi connectivity index (χ0n) is 11.2. The smallest absolute Gasteiger partial charge is 0.326 e. The van der Waals surface area contributed by atoms with E-state index >= 15 is 0 Å². The molecule has 1 aromatic heterocycles. The fraction of sp³-hybridized carbons (Fsp3) is 0.429. The van der Waals surface area contributed by atoms with Crippen LogP contribution in [0, 0.1) is 0 Å². The topological polar surface area (TPSA) is 84.1 Å². The quantitative estimate of drug-likeness (QED) is 0.825. The molecule has 6 heteroatoms. The van der Waals surface area contributed by atoms with Gasteiger partial charge in [-0.2, -0.15) is 0 Å². The third-order valence-corrected chi connectivity index (χ3v) is 3.87. The summed E-state index contributed by atoms with van der Waals surface area (Å²) in [6, 6.07) is 7.58. The summed E-state index contributed by atoms with van der Waals surface area (Å²) in [6.45, 7) is 1.44. The Morgan fingerprint density at radius 2 is 2.00 bits per heavy atom. The van der Waals surface area contributed by atoms with Gasteiger partial charge in [-0.1, -0.05) is 12.1 Å². The molecule has 20 heavy (non-hydrogen) atoms. The van der Waals surface area contributed by atoms with Gasteiger partial charge in [0.15, 0.2) is 0 Å². The van der Waals surface area contributed by atoms with Crippen LogP contribution in [0.25, 0.3) is 11.0 Å². The minimum absolute atomic E-state index is 0.0243. The van der Waals surface area contributed by atoms with Gasteiger partial charge in [0.1, 0.15) is 6.54 Å². The van der Waals surface area contributed by atoms with Gasteiger partial charge in [-0.15, -0.1) is 0 Å². The molecule has 0 radical (unpaired) electrons. The molecular formula is C14H18N4O2. The third-order valence-electron chi connectivity index (χ3n) is 3.87. The first-order valence-corrected chi connectivity index (χ1v) is 6.86. The summed E-state index contributed by atoms with van der Waals surface area (Å²) in [5.74, 6) is -0.0243. The molecule has 106 valence electrons. The van der Waals surface area contributed by atoms with Gasteiger partial charge in [0.25, 0.3) is 0 Å². The van der Waals surface area contributed by atoms with Gasteiger partial charge in [-0.25, -0.2) is 4.79 Å². The first-order valence-electron chi connectivity index (χ1n) is 6.86. The number of benzene rings is 1. The molecule has 6 nitrogen and oxygen atoms in total. The molecule has 1 fully saturated rings. The van der Waals surface area contributed by atoms with Crippen LogP contribution < -0.4 is 11.4 Å². The fourth-order valence-corrected chi connectivity index (χ4v) is 2.65. The lowest BCUT2D eigenvalue weighted by atomic mass is 10.1. The van der Waals surface area contributed by atoms with Crippen molar-refractivity contribution >= 4 is 16.9 Å². The number of rotatable bonds is 2. The Morgan fingerprint density at radius 1 is 1.30 bits per heavy atom. The number of piperidine rings is 1. The summed E-state index contributed by atoms with van der Waals surface area (Å²) >= 11 is 0. The van der Waals surface area contributed by atoms with E-state index in [1.54, 1.807) is 4.90 Å². The van der Waals surface area contributed by atoms with Gasteiger partial charge in [0.2, 0.25) is 5.91 Å². The normalized spacial score (nSPS) is 16.8. The van der Waals surface area contributed by atoms with Crippen LogP contribution in [0.5, 0.6) is 0 Å². The molecule has 0 bridgehead atoms. The minimum atomic E-state index is -0.242. The van der Waals surface area contributed by atoms with Crippen LogP contribution in [0.1, 0.15) is 12.8 Å². The third kappa shape index (κ3) is 2.34. The highest BCUT2D eigenvalue weighted by Gasteiger charge is 2.21. The van der Waals surface area contributed by atoms with E-state index in [9.17, 15) is 9.59 Å². The number of carbonyl (C=O) groups is 1. The van der Waals surface area contributed by atoms with E-state index in [1.165, 1.54) is 4.57 Å². The molecule has 1 aromatic carbocycles. The zero-order chi connectivity index (χ0) is 14.1. The van der Waals surface area contributed by atoms with Gasteiger partial charge in [0.05, 0.1) is 11.0 Å². The zero-order valence-corrected chi connectivity index (χ0v) is 11.2. The second kappa shape index (κ2) is 5.13. The number of nitrogens with one attached hydrogen (secondary N) is 1. The van der Waals surface area contributed by atoms with E-state index in [0.717, 1.165) is 23.9 Å². The molecule has 2 heterocycles. The fourth-order valence-electron chi connectivity index (χ4n) is 2.65. The van der Waals surface area contributed by atoms with Crippen molar-refractivity contribution in [3.63, 3.8) is 0 Å². The average molecular weight is 274 g/mol. The number of amides is 1. The number of aromatic nitrogens is 2. The number of para-hydroxylation sites is 2. The number of nitrogens with zero attached hydrogens (tertiary/aromatic N) is 2.